The molecule has 6 nitrogen and oxygen atoms in total. The van der Waals surface area contributed by atoms with Gasteiger partial charge in [0.05, 0.1) is 12.8 Å². The molecule has 0 aromatic carbocycles. The molecule has 0 aliphatic rings. The van der Waals surface area contributed by atoms with Crippen LogP contribution in [-0.4, -0.2) is 59.9 Å². The number of ether oxygens (including phenoxy) is 1. The monoisotopic (exact) mass is 249 g/mol. The van der Waals surface area contributed by atoms with Crippen LogP contribution in [0.3, 0.4) is 0 Å². The number of likely N-dealkylation sites (N-methyl/N-ethyl adjacent to an activating group) is 1. The summed E-state index contributed by atoms with van der Waals surface area (Å²) in [5.74, 6) is 0.878. The van der Waals surface area contributed by atoms with Crippen LogP contribution in [0.15, 0.2) is 24.5 Å². The zero-order valence-electron chi connectivity index (χ0n) is 10.8. The SMILES string of the molecule is COCCN(C)CCNc1ccn2nccc2n1. The quantitative estimate of drug-likeness (QED) is 0.783. The van der Waals surface area contributed by atoms with Gasteiger partial charge in [-0.2, -0.15) is 5.10 Å². The van der Waals surface area contributed by atoms with Gasteiger partial charge in [0.15, 0.2) is 5.65 Å². The van der Waals surface area contributed by atoms with E-state index in [1.165, 1.54) is 0 Å². The van der Waals surface area contributed by atoms with Gasteiger partial charge in [-0.1, -0.05) is 0 Å². The Kier molecular flexibility index (Phi) is 4.49. The molecule has 2 rings (SSSR count). The van der Waals surface area contributed by atoms with Crippen LogP contribution in [-0.2, 0) is 4.74 Å². The van der Waals surface area contributed by atoms with E-state index in [1.807, 2.05) is 18.3 Å². The van der Waals surface area contributed by atoms with Gasteiger partial charge >= 0.3 is 0 Å². The summed E-state index contributed by atoms with van der Waals surface area (Å²) in [5.41, 5.74) is 0.854. The Hall–Kier alpha value is -1.66. The molecule has 1 N–H and O–H groups in total. The van der Waals surface area contributed by atoms with Crippen molar-refractivity contribution in [3.8, 4) is 0 Å². The van der Waals surface area contributed by atoms with E-state index in [9.17, 15) is 0 Å². The van der Waals surface area contributed by atoms with E-state index in [1.54, 1.807) is 17.8 Å². The second kappa shape index (κ2) is 6.32. The fourth-order valence-corrected chi connectivity index (χ4v) is 1.64. The van der Waals surface area contributed by atoms with Crippen molar-refractivity contribution >= 4 is 11.5 Å². The minimum Gasteiger partial charge on any atom is -0.383 e. The first kappa shape index (κ1) is 12.8. The van der Waals surface area contributed by atoms with E-state index in [4.69, 9.17) is 4.74 Å². The van der Waals surface area contributed by atoms with Crippen LogP contribution in [0.2, 0.25) is 0 Å². The topological polar surface area (TPSA) is 54.7 Å². The lowest BCUT2D eigenvalue weighted by atomic mass is 10.5. The number of rotatable bonds is 7. The maximum absolute atomic E-state index is 5.03. The van der Waals surface area contributed by atoms with Gasteiger partial charge in [0.1, 0.15) is 5.82 Å². The summed E-state index contributed by atoms with van der Waals surface area (Å²) >= 11 is 0. The Labute approximate surface area is 107 Å². The van der Waals surface area contributed by atoms with E-state index < -0.39 is 0 Å². The predicted octanol–water partition coefficient (Wildman–Crippen LogP) is 0.719. The van der Waals surface area contributed by atoms with E-state index in [-0.39, 0.29) is 0 Å². The molecule has 0 atom stereocenters. The van der Waals surface area contributed by atoms with Crippen molar-refractivity contribution in [1.29, 1.82) is 0 Å². The first-order valence-electron chi connectivity index (χ1n) is 6.01. The van der Waals surface area contributed by atoms with Gasteiger partial charge in [-0.05, 0) is 13.1 Å². The number of aromatic nitrogens is 3. The van der Waals surface area contributed by atoms with Gasteiger partial charge in [0, 0.05) is 39.0 Å². The summed E-state index contributed by atoms with van der Waals surface area (Å²) in [7, 11) is 3.80. The standard InChI is InChI=1S/C12H19N5O/c1-16(9-10-18-2)8-6-13-11-4-7-17-12(15-11)3-5-14-17/h3-5,7H,6,8-10H2,1-2H3,(H,13,15). The molecular weight excluding hydrogens is 230 g/mol. The van der Waals surface area contributed by atoms with Crippen molar-refractivity contribution in [3.05, 3.63) is 24.5 Å². The molecule has 0 aliphatic heterocycles. The highest BCUT2D eigenvalue weighted by molar-refractivity contribution is 5.45. The van der Waals surface area contributed by atoms with Crippen LogP contribution in [0, 0.1) is 0 Å². The van der Waals surface area contributed by atoms with E-state index >= 15 is 0 Å². The fraction of sp³-hybridized carbons (Fsp3) is 0.500. The molecule has 0 unspecified atom stereocenters. The number of fused-ring (bicyclic) bond motifs is 1. The molecule has 0 amide bonds. The van der Waals surface area contributed by atoms with Crippen LogP contribution >= 0.6 is 0 Å². The minimum atomic E-state index is 0.760. The number of anilines is 1. The van der Waals surface area contributed by atoms with Crippen molar-refractivity contribution in [1.82, 2.24) is 19.5 Å². The van der Waals surface area contributed by atoms with E-state index in [2.05, 4.69) is 27.3 Å². The molecule has 0 fully saturated rings. The average Bonchev–Trinajstić information content (AvgIpc) is 2.83. The van der Waals surface area contributed by atoms with E-state index in [0.717, 1.165) is 37.7 Å². The van der Waals surface area contributed by atoms with Crippen molar-refractivity contribution in [2.75, 3.05) is 45.7 Å². The zero-order valence-corrected chi connectivity index (χ0v) is 10.8. The maximum atomic E-state index is 5.03. The first-order chi connectivity index (χ1) is 8.79. The molecule has 0 bridgehead atoms. The van der Waals surface area contributed by atoms with Crippen LogP contribution < -0.4 is 5.32 Å². The third-order valence-electron chi connectivity index (χ3n) is 2.73. The van der Waals surface area contributed by atoms with Gasteiger partial charge in [-0.3, -0.25) is 0 Å². The van der Waals surface area contributed by atoms with Gasteiger partial charge < -0.3 is 15.0 Å². The van der Waals surface area contributed by atoms with Crippen molar-refractivity contribution < 1.29 is 4.74 Å². The van der Waals surface area contributed by atoms with Crippen molar-refractivity contribution in [2.24, 2.45) is 0 Å². The van der Waals surface area contributed by atoms with Crippen LogP contribution in [0.4, 0.5) is 5.82 Å². The third kappa shape index (κ3) is 3.41. The Bertz CT molecular complexity index is 484. The molecule has 2 aromatic rings. The Morgan fingerprint density at radius 3 is 3.11 bits per heavy atom. The summed E-state index contributed by atoms with van der Waals surface area (Å²) < 4.78 is 6.78. The molecule has 0 spiro atoms. The highest BCUT2D eigenvalue weighted by Crippen LogP contribution is 2.05. The molecule has 0 radical (unpaired) electrons. The molecule has 0 saturated heterocycles. The summed E-state index contributed by atoms with van der Waals surface area (Å²) in [4.78, 5) is 6.66. The Balaban J connectivity index is 1.79. The Morgan fingerprint density at radius 1 is 1.39 bits per heavy atom. The number of methoxy groups -OCH3 is 1. The van der Waals surface area contributed by atoms with Gasteiger partial charge in [0.25, 0.3) is 0 Å². The van der Waals surface area contributed by atoms with Crippen LogP contribution in [0.5, 0.6) is 0 Å². The fourth-order valence-electron chi connectivity index (χ4n) is 1.64. The number of nitrogens with one attached hydrogen (secondary N) is 1. The lowest BCUT2D eigenvalue weighted by Gasteiger charge is -2.16. The molecule has 0 saturated carbocycles. The van der Waals surface area contributed by atoms with Crippen molar-refractivity contribution in [3.63, 3.8) is 0 Å². The third-order valence-corrected chi connectivity index (χ3v) is 2.73. The largest absolute Gasteiger partial charge is 0.383 e. The number of nitrogens with zero attached hydrogens (tertiary/aromatic N) is 4. The van der Waals surface area contributed by atoms with Gasteiger partial charge in [-0.15, -0.1) is 0 Å². The second-order valence-electron chi connectivity index (χ2n) is 4.17. The van der Waals surface area contributed by atoms with Crippen LogP contribution in [0.1, 0.15) is 0 Å². The zero-order chi connectivity index (χ0) is 12.8. The molecule has 2 heterocycles. The lowest BCUT2D eigenvalue weighted by molar-refractivity contribution is 0.163. The normalized spacial score (nSPS) is 11.3. The molecular formula is C12H19N5O. The summed E-state index contributed by atoms with van der Waals surface area (Å²) in [6.45, 7) is 3.51. The second-order valence-corrected chi connectivity index (χ2v) is 4.17. The lowest BCUT2D eigenvalue weighted by Crippen LogP contribution is -2.28. The number of hydrogen-bond donors (Lipinski definition) is 1. The minimum absolute atomic E-state index is 0.760. The summed E-state index contributed by atoms with van der Waals surface area (Å²) in [5, 5.41) is 7.41. The summed E-state index contributed by atoms with van der Waals surface area (Å²) in [6.07, 6.45) is 3.64. The van der Waals surface area contributed by atoms with E-state index in [0.29, 0.717) is 0 Å². The molecule has 18 heavy (non-hydrogen) atoms. The smallest absolute Gasteiger partial charge is 0.157 e. The molecule has 2 aromatic heterocycles. The molecule has 0 aliphatic carbocycles. The average molecular weight is 249 g/mol. The first-order valence-corrected chi connectivity index (χ1v) is 6.01. The Morgan fingerprint density at radius 2 is 2.28 bits per heavy atom. The highest BCUT2D eigenvalue weighted by Gasteiger charge is 2.00. The number of hydrogen-bond acceptors (Lipinski definition) is 5. The summed E-state index contributed by atoms with van der Waals surface area (Å²) in [6, 6.07) is 3.81. The van der Waals surface area contributed by atoms with Crippen molar-refractivity contribution in [2.45, 2.75) is 0 Å². The highest BCUT2D eigenvalue weighted by atomic mass is 16.5. The predicted molar refractivity (Wildman–Crippen MR) is 70.8 cm³/mol. The van der Waals surface area contributed by atoms with Crippen LogP contribution in [0.25, 0.3) is 5.65 Å². The van der Waals surface area contributed by atoms with Gasteiger partial charge in [0.2, 0.25) is 0 Å². The molecule has 98 valence electrons. The van der Waals surface area contributed by atoms with Gasteiger partial charge in [-0.25, -0.2) is 9.50 Å². The molecule has 6 heteroatoms. The maximum Gasteiger partial charge on any atom is 0.157 e.